The highest BCUT2D eigenvalue weighted by Gasteiger charge is 2.18. The van der Waals surface area contributed by atoms with Crippen LogP contribution >= 0.6 is 0 Å². The molecule has 2 aromatic heterocycles. The lowest BCUT2D eigenvalue weighted by molar-refractivity contribution is -0.116. The molecule has 1 N–H and O–H groups in total. The highest BCUT2D eigenvalue weighted by Crippen LogP contribution is 2.18. The number of amides is 1. The van der Waals surface area contributed by atoms with Crippen molar-refractivity contribution in [2.75, 3.05) is 5.32 Å². The van der Waals surface area contributed by atoms with Crippen LogP contribution in [0.3, 0.4) is 0 Å². The molecule has 0 radical (unpaired) electrons. The Hall–Kier alpha value is -3.67. The molecule has 0 spiro atoms. The maximum atomic E-state index is 13.0. The van der Waals surface area contributed by atoms with Gasteiger partial charge in [-0.2, -0.15) is 0 Å². The molecule has 152 valence electrons. The summed E-state index contributed by atoms with van der Waals surface area (Å²) in [4.78, 5) is 30.2. The van der Waals surface area contributed by atoms with E-state index in [9.17, 15) is 9.59 Å². The van der Waals surface area contributed by atoms with Gasteiger partial charge in [-0.1, -0.05) is 43.7 Å². The number of benzene rings is 2. The Bertz CT molecular complexity index is 1250. The van der Waals surface area contributed by atoms with Crippen LogP contribution in [-0.4, -0.2) is 20.3 Å². The largest absolute Gasteiger partial charge is 0.324 e. The topological polar surface area (TPSA) is 68.9 Å². The summed E-state index contributed by atoms with van der Waals surface area (Å²) in [5.74, 6) is 0.201. The first kappa shape index (κ1) is 19.6. The lowest BCUT2D eigenvalue weighted by atomic mass is 10.0. The quantitative estimate of drug-likeness (QED) is 0.544. The molecule has 0 saturated heterocycles. The Morgan fingerprint density at radius 3 is 2.40 bits per heavy atom. The molecule has 0 fully saturated rings. The highest BCUT2D eigenvalue weighted by molar-refractivity contribution is 5.91. The zero-order valence-electron chi connectivity index (χ0n) is 17.3. The van der Waals surface area contributed by atoms with Crippen LogP contribution in [0.15, 0.2) is 71.7 Å². The van der Waals surface area contributed by atoms with Crippen LogP contribution in [0.5, 0.6) is 0 Å². The molecule has 1 amide bonds. The first-order chi connectivity index (χ1) is 14.4. The summed E-state index contributed by atoms with van der Waals surface area (Å²) in [5.41, 5.74) is 4.00. The second-order valence-electron chi connectivity index (χ2n) is 7.71. The SMILES string of the molecule is Cc1ccc(-n2c(=O)c3cccnc3n2CC(=O)Nc2ccc(C(C)C)cc2)cc1. The minimum Gasteiger partial charge on any atom is -0.324 e. The van der Waals surface area contributed by atoms with Gasteiger partial charge in [-0.3, -0.25) is 14.3 Å². The molecule has 0 bridgehead atoms. The van der Waals surface area contributed by atoms with Gasteiger partial charge in [0.05, 0.1) is 11.1 Å². The minimum atomic E-state index is -0.226. The zero-order chi connectivity index (χ0) is 21.3. The number of hydrogen-bond acceptors (Lipinski definition) is 3. The lowest BCUT2D eigenvalue weighted by Crippen LogP contribution is -2.27. The van der Waals surface area contributed by atoms with Crippen LogP contribution in [0.4, 0.5) is 5.69 Å². The number of aromatic nitrogens is 3. The van der Waals surface area contributed by atoms with Gasteiger partial charge in [0.1, 0.15) is 6.54 Å². The van der Waals surface area contributed by atoms with Crippen LogP contribution in [0.25, 0.3) is 16.7 Å². The number of carbonyl (C=O) groups excluding carboxylic acids is 1. The number of fused-ring (bicyclic) bond motifs is 1. The van der Waals surface area contributed by atoms with Crippen LogP contribution in [0, 0.1) is 6.92 Å². The van der Waals surface area contributed by atoms with E-state index in [0.717, 1.165) is 11.3 Å². The third kappa shape index (κ3) is 3.76. The van der Waals surface area contributed by atoms with E-state index in [4.69, 9.17) is 0 Å². The van der Waals surface area contributed by atoms with Crippen LogP contribution in [0.2, 0.25) is 0 Å². The Labute approximate surface area is 174 Å². The van der Waals surface area contributed by atoms with Gasteiger partial charge >= 0.3 is 0 Å². The molecule has 0 saturated carbocycles. The first-order valence-corrected chi connectivity index (χ1v) is 9.97. The van der Waals surface area contributed by atoms with Gasteiger partial charge in [0.2, 0.25) is 5.91 Å². The second-order valence-corrected chi connectivity index (χ2v) is 7.71. The monoisotopic (exact) mass is 400 g/mol. The van der Waals surface area contributed by atoms with E-state index in [1.165, 1.54) is 10.2 Å². The Balaban J connectivity index is 1.69. The van der Waals surface area contributed by atoms with Crippen molar-refractivity contribution >= 4 is 22.6 Å². The molecule has 0 aliphatic heterocycles. The Morgan fingerprint density at radius 1 is 1.03 bits per heavy atom. The van der Waals surface area contributed by atoms with E-state index in [-0.39, 0.29) is 18.0 Å². The number of aryl methyl sites for hydroxylation is 1. The molecule has 6 nitrogen and oxygen atoms in total. The fourth-order valence-corrected chi connectivity index (χ4v) is 3.46. The van der Waals surface area contributed by atoms with E-state index in [2.05, 4.69) is 24.1 Å². The summed E-state index contributed by atoms with van der Waals surface area (Å²) in [7, 11) is 0. The van der Waals surface area contributed by atoms with Gasteiger partial charge in [-0.25, -0.2) is 9.67 Å². The second kappa shape index (κ2) is 7.99. The Morgan fingerprint density at radius 2 is 1.73 bits per heavy atom. The van der Waals surface area contributed by atoms with Crippen molar-refractivity contribution in [1.29, 1.82) is 0 Å². The molecular weight excluding hydrogens is 376 g/mol. The third-order valence-corrected chi connectivity index (χ3v) is 5.13. The summed E-state index contributed by atoms with van der Waals surface area (Å²) in [5, 5.41) is 3.39. The van der Waals surface area contributed by atoms with Crippen molar-refractivity contribution in [1.82, 2.24) is 14.3 Å². The smallest absolute Gasteiger partial charge is 0.280 e. The van der Waals surface area contributed by atoms with E-state index in [0.29, 0.717) is 22.6 Å². The molecule has 4 rings (SSSR count). The maximum absolute atomic E-state index is 13.0. The van der Waals surface area contributed by atoms with Crippen LogP contribution < -0.4 is 10.9 Å². The molecule has 30 heavy (non-hydrogen) atoms. The number of pyridine rings is 1. The fraction of sp³-hybridized carbons (Fsp3) is 0.208. The molecule has 4 aromatic rings. The fourth-order valence-electron chi connectivity index (χ4n) is 3.46. The molecule has 0 unspecified atom stereocenters. The summed E-state index contributed by atoms with van der Waals surface area (Å²) in [6.45, 7) is 6.21. The normalized spacial score (nSPS) is 11.2. The van der Waals surface area contributed by atoms with Crippen molar-refractivity contribution < 1.29 is 4.79 Å². The van der Waals surface area contributed by atoms with Crippen LogP contribution in [-0.2, 0) is 11.3 Å². The van der Waals surface area contributed by atoms with Crippen molar-refractivity contribution in [2.45, 2.75) is 33.2 Å². The predicted octanol–water partition coefficient (Wildman–Crippen LogP) is 4.26. The van der Waals surface area contributed by atoms with Gasteiger partial charge < -0.3 is 5.32 Å². The highest BCUT2D eigenvalue weighted by atomic mass is 16.2. The van der Waals surface area contributed by atoms with E-state index >= 15 is 0 Å². The van der Waals surface area contributed by atoms with E-state index < -0.39 is 0 Å². The minimum absolute atomic E-state index is 0.0322. The number of anilines is 1. The number of hydrogen-bond donors (Lipinski definition) is 1. The summed E-state index contributed by atoms with van der Waals surface area (Å²) < 4.78 is 3.14. The number of nitrogens with zero attached hydrogens (tertiary/aromatic N) is 3. The van der Waals surface area contributed by atoms with Gasteiger partial charge in [0.15, 0.2) is 5.65 Å². The number of carbonyl (C=O) groups is 1. The zero-order valence-corrected chi connectivity index (χ0v) is 17.3. The maximum Gasteiger partial charge on any atom is 0.280 e. The van der Waals surface area contributed by atoms with Crippen molar-refractivity contribution in [3.63, 3.8) is 0 Å². The van der Waals surface area contributed by atoms with Gasteiger partial charge in [0, 0.05) is 11.9 Å². The van der Waals surface area contributed by atoms with Gasteiger partial charge in [-0.05, 0) is 54.8 Å². The summed E-state index contributed by atoms with van der Waals surface area (Å²) in [6.07, 6.45) is 1.63. The molecule has 0 aliphatic carbocycles. The Kier molecular flexibility index (Phi) is 5.23. The van der Waals surface area contributed by atoms with Gasteiger partial charge in [-0.15, -0.1) is 0 Å². The lowest BCUT2D eigenvalue weighted by Gasteiger charge is -2.13. The standard InChI is InChI=1S/C24H24N4O2/c1-16(2)18-8-10-19(11-9-18)26-22(29)15-27-23-21(5-4-14-25-23)24(30)28(27)20-12-6-17(3)7-13-20/h4-14,16H,15H2,1-3H3,(H,26,29). The average Bonchev–Trinajstić information content (AvgIpc) is 3.01. The molecular formula is C24H24N4O2. The van der Waals surface area contributed by atoms with Crippen LogP contribution in [0.1, 0.15) is 30.9 Å². The van der Waals surface area contributed by atoms with Crippen molar-refractivity contribution in [3.05, 3.63) is 88.3 Å². The van der Waals surface area contributed by atoms with Crippen molar-refractivity contribution in [3.8, 4) is 5.69 Å². The predicted molar refractivity (Wildman–Crippen MR) is 119 cm³/mol. The molecule has 0 atom stereocenters. The number of nitrogens with one attached hydrogen (secondary N) is 1. The van der Waals surface area contributed by atoms with Crippen molar-refractivity contribution in [2.24, 2.45) is 0 Å². The number of rotatable bonds is 5. The van der Waals surface area contributed by atoms with E-state index in [1.54, 1.807) is 23.0 Å². The molecule has 2 aromatic carbocycles. The molecule has 2 heterocycles. The summed E-state index contributed by atoms with van der Waals surface area (Å²) >= 11 is 0. The van der Waals surface area contributed by atoms with E-state index in [1.807, 2.05) is 55.5 Å². The third-order valence-electron chi connectivity index (χ3n) is 5.13. The molecule has 0 aliphatic rings. The average molecular weight is 400 g/mol. The molecule has 6 heteroatoms. The summed E-state index contributed by atoms with van der Waals surface area (Å²) in [6, 6.07) is 18.9. The first-order valence-electron chi connectivity index (χ1n) is 9.97. The van der Waals surface area contributed by atoms with Gasteiger partial charge in [0.25, 0.3) is 5.56 Å².